The highest BCUT2D eigenvalue weighted by Crippen LogP contribution is 2.26. The van der Waals surface area contributed by atoms with Gasteiger partial charge in [-0.15, -0.1) is 0 Å². The third kappa shape index (κ3) is 3.40. The molecule has 2 N–H and O–H groups in total. The first-order valence-electron chi connectivity index (χ1n) is 8.80. The number of hydrogen-bond donors (Lipinski definition) is 2. The first-order valence-corrected chi connectivity index (χ1v) is 8.80. The number of carbonyl (C=O) groups excluding carboxylic acids is 1. The van der Waals surface area contributed by atoms with Crippen LogP contribution in [0.5, 0.6) is 0 Å². The fourth-order valence-corrected chi connectivity index (χ4v) is 3.22. The Balaban J connectivity index is 1.84. The molecule has 136 valence electrons. The lowest BCUT2D eigenvalue weighted by atomic mass is 9.96. The summed E-state index contributed by atoms with van der Waals surface area (Å²) in [5, 5.41) is 14.7. The monoisotopic (exact) mass is 351 g/mol. The second kappa shape index (κ2) is 7.15. The number of carbonyl (C=O) groups is 1. The highest BCUT2D eigenvalue weighted by atomic mass is 16.2. The summed E-state index contributed by atoms with van der Waals surface area (Å²) < 4.78 is 1.82. The maximum absolute atomic E-state index is 12.7. The largest absolute Gasteiger partial charge is 0.344 e. The minimum absolute atomic E-state index is 0.0580. The summed E-state index contributed by atoms with van der Waals surface area (Å²) in [6.07, 6.45) is 0. The van der Waals surface area contributed by atoms with Crippen LogP contribution in [0.15, 0.2) is 36.4 Å². The van der Waals surface area contributed by atoms with Crippen molar-refractivity contribution in [3.8, 4) is 11.3 Å². The molecule has 0 aliphatic rings. The molecule has 0 aliphatic carbocycles. The molecule has 1 atom stereocenters. The van der Waals surface area contributed by atoms with Gasteiger partial charge in [0.2, 0.25) is 0 Å². The lowest BCUT2D eigenvalue weighted by Crippen LogP contribution is -2.32. The number of benzene rings is 1. The summed E-state index contributed by atoms with van der Waals surface area (Å²) in [7, 11) is 1.90. The van der Waals surface area contributed by atoms with Crippen molar-refractivity contribution < 1.29 is 4.79 Å². The number of hydrogen-bond acceptors (Lipinski definition) is 3. The first kappa shape index (κ1) is 17.9. The summed E-state index contributed by atoms with van der Waals surface area (Å²) >= 11 is 0. The lowest BCUT2D eigenvalue weighted by molar-refractivity contribution is 0.0920. The van der Waals surface area contributed by atoms with Gasteiger partial charge in [-0.05, 0) is 31.4 Å². The van der Waals surface area contributed by atoms with Crippen molar-refractivity contribution in [2.24, 2.45) is 13.0 Å². The van der Waals surface area contributed by atoms with Crippen LogP contribution in [0.3, 0.4) is 0 Å². The minimum Gasteiger partial charge on any atom is -0.344 e. The van der Waals surface area contributed by atoms with E-state index < -0.39 is 0 Å². The maximum Gasteiger partial charge on any atom is 0.269 e. The number of rotatable bonds is 5. The topological polar surface area (TPSA) is 75.6 Å². The molecular weight excluding hydrogens is 326 g/mol. The van der Waals surface area contributed by atoms with E-state index in [1.54, 1.807) is 6.07 Å². The number of nitrogens with zero attached hydrogens (tertiary/aromatic N) is 3. The summed E-state index contributed by atoms with van der Waals surface area (Å²) in [4.78, 5) is 12.7. The second-order valence-electron chi connectivity index (χ2n) is 6.94. The standard InChI is InChI=1S/C20H25N5O/c1-12(2)19(15-9-7-6-8-10-15)21-20(26)17-11-16(22-23-17)18-13(3)24-25(5)14(18)4/h6-12,19H,1-5H3,(H,21,26)(H,22,23). The highest BCUT2D eigenvalue weighted by Gasteiger charge is 2.21. The maximum atomic E-state index is 12.7. The fourth-order valence-electron chi connectivity index (χ4n) is 3.22. The van der Waals surface area contributed by atoms with Gasteiger partial charge in [0.25, 0.3) is 5.91 Å². The van der Waals surface area contributed by atoms with Crippen LogP contribution >= 0.6 is 0 Å². The molecule has 1 unspecified atom stereocenters. The highest BCUT2D eigenvalue weighted by molar-refractivity contribution is 5.93. The van der Waals surface area contributed by atoms with E-state index in [1.807, 2.05) is 55.9 Å². The smallest absolute Gasteiger partial charge is 0.269 e. The quantitative estimate of drug-likeness (QED) is 0.738. The van der Waals surface area contributed by atoms with E-state index in [0.717, 1.165) is 28.2 Å². The summed E-state index contributed by atoms with van der Waals surface area (Å²) in [6.45, 7) is 8.13. The Kier molecular flexibility index (Phi) is 4.93. The molecule has 1 amide bonds. The van der Waals surface area contributed by atoms with Gasteiger partial charge in [0.1, 0.15) is 5.69 Å². The van der Waals surface area contributed by atoms with Gasteiger partial charge in [-0.3, -0.25) is 14.6 Å². The molecule has 2 heterocycles. The van der Waals surface area contributed by atoms with Crippen LogP contribution < -0.4 is 5.32 Å². The number of nitrogens with one attached hydrogen (secondary N) is 2. The van der Waals surface area contributed by atoms with Crippen molar-refractivity contribution in [2.45, 2.75) is 33.7 Å². The number of aromatic nitrogens is 4. The molecule has 0 saturated heterocycles. The molecule has 0 aliphatic heterocycles. The average molecular weight is 351 g/mol. The van der Waals surface area contributed by atoms with Crippen molar-refractivity contribution in [3.63, 3.8) is 0 Å². The Bertz CT molecular complexity index is 908. The first-order chi connectivity index (χ1) is 12.4. The molecule has 0 saturated carbocycles. The van der Waals surface area contributed by atoms with Crippen LogP contribution in [0.2, 0.25) is 0 Å². The molecule has 26 heavy (non-hydrogen) atoms. The molecule has 3 rings (SSSR count). The molecule has 1 aromatic carbocycles. The third-order valence-electron chi connectivity index (χ3n) is 4.70. The van der Waals surface area contributed by atoms with Crippen molar-refractivity contribution in [1.29, 1.82) is 0 Å². The van der Waals surface area contributed by atoms with Crippen LogP contribution in [0, 0.1) is 19.8 Å². The van der Waals surface area contributed by atoms with Gasteiger partial charge in [-0.25, -0.2) is 0 Å². The molecule has 0 bridgehead atoms. The second-order valence-corrected chi connectivity index (χ2v) is 6.94. The van der Waals surface area contributed by atoms with E-state index in [2.05, 4.69) is 34.5 Å². The van der Waals surface area contributed by atoms with Crippen LogP contribution in [-0.2, 0) is 7.05 Å². The van der Waals surface area contributed by atoms with E-state index in [0.29, 0.717) is 5.69 Å². The zero-order chi connectivity index (χ0) is 18.8. The Labute approximate surface area is 153 Å². The van der Waals surface area contributed by atoms with Gasteiger partial charge in [-0.2, -0.15) is 10.2 Å². The van der Waals surface area contributed by atoms with E-state index in [9.17, 15) is 4.79 Å². The Morgan fingerprint density at radius 1 is 1.19 bits per heavy atom. The van der Waals surface area contributed by atoms with Gasteiger partial charge in [0.05, 0.1) is 17.4 Å². The number of amides is 1. The summed E-state index contributed by atoms with van der Waals surface area (Å²) in [5.74, 6) is 0.108. The molecule has 6 nitrogen and oxygen atoms in total. The summed E-state index contributed by atoms with van der Waals surface area (Å²) in [5.41, 5.74) is 5.15. The van der Waals surface area contributed by atoms with Gasteiger partial charge in [0, 0.05) is 18.3 Å². The van der Waals surface area contributed by atoms with Gasteiger partial charge in [0.15, 0.2) is 0 Å². The molecule has 0 spiro atoms. The Hall–Kier alpha value is -2.89. The molecule has 0 fully saturated rings. The van der Waals surface area contributed by atoms with Gasteiger partial charge in [-0.1, -0.05) is 44.2 Å². The third-order valence-corrected chi connectivity index (χ3v) is 4.70. The Morgan fingerprint density at radius 2 is 1.88 bits per heavy atom. The van der Waals surface area contributed by atoms with Crippen molar-refractivity contribution in [1.82, 2.24) is 25.3 Å². The van der Waals surface area contributed by atoms with Crippen LogP contribution in [-0.4, -0.2) is 25.9 Å². The van der Waals surface area contributed by atoms with Crippen molar-refractivity contribution >= 4 is 5.91 Å². The lowest BCUT2D eigenvalue weighted by Gasteiger charge is -2.22. The number of aryl methyl sites for hydroxylation is 2. The van der Waals surface area contributed by atoms with Crippen LogP contribution in [0.4, 0.5) is 0 Å². The van der Waals surface area contributed by atoms with E-state index in [4.69, 9.17) is 0 Å². The molecule has 2 aromatic heterocycles. The van der Waals surface area contributed by atoms with E-state index in [-0.39, 0.29) is 17.9 Å². The van der Waals surface area contributed by atoms with E-state index in [1.165, 1.54) is 0 Å². The zero-order valence-electron chi connectivity index (χ0n) is 15.9. The number of aromatic amines is 1. The van der Waals surface area contributed by atoms with Crippen LogP contribution in [0.25, 0.3) is 11.3 Å². The molecule has 0 radical (unpaired) electrons. The van der Waals surface area contributed by atoms with Crippen molar-refractivity contribution in [3.05, 3.63) is 59.0 Å². The van der Waals surface area contributed by atoms with Crippen molar-refractivity contribution in [2.75, 3.05) is 0 Å². The van der Waals surface area contributed by atoms with E-state index >= 15 is 0 Å². The summed E-state index contributed by atoms with van der Waals surface area (Å²) in [6, 6.07) is 11.7. The average Bonchev–Trinajstić information content (AvgIpc) is 3.18. The normalized spacial score (nSPS) is 12.4. The zero-order valence-corrected chi connectivity index (χ0v) is 15.9. The SMILES string of the molecule is Cc1nn(C)c(C)c1-c1cc(C(=O)NC(c2ccccc2)C(C)C)[nH]n1. The fraction of sp³-hybridized carbons (Fsp3) is 0.350. The predicted octanol–water partition coefficient (Wildman–Crippen LogP) is 3.55. The van der Waals surface area contributed by atoms with Gasteiger partial charge >= 0.3 is 0 Å². The molecule has 3 aromatic rings. The van der Waals surface area contributed by atoms with Gasteiger partial charge < -0.3 is 5.32 Å². The Morgan fingerprint density at radius 3 is 2.46 bits per heavy atom. The predicted molar refractivity (Wildman–Crippen MR) is 102 cm³/mol. The minimum atomic E-state index is -0.162. The molecule has 6 heteroatoms. The number of H-pyrrole nitrogens is 1. The van der Waals surface area contributed by atoms with Crippen LogP contribution in [0.1, 0.15) is 47.3 Å². The molecular formula is C20H25N5O.